The van der Waals surface area contributed by atoms with Gasteiger partial charge in [-0.15, -0.1) is 0 Å². The molecular formula is C16H16N4O. The summed E-state index contributed by atoms with van der Waals surface area (Å²) < 4.78 is 0. The number of fused-ring (bicyclic) bond motifs is 1. The average molecular weight is 280 g/mol. The number of aromatic nitrogens is 3. The third-order valence-corrected chi connectivity index (χ3v) is 3.26. The van der Waals surface area contributed by atoms with Gasteiger partial charge >= 0.3 is 0 Å². The highest BCUT2D eigenvalue weighted by Gasteiger charge is 2.02. The molecule has 5 heteroatoms. The van der Waals surface area contributed by atoms with Crippen LogP contribution in [0.25, 0.3) is 10.9 Å². The fourth-order valence-corrected chi connectivity index (χ4v) is 2.15. The van der Waals surface area contributed by atoms with Crippen LogP contribution in [0.3, 0.4) is 0 Å². The van der Waals surface area contributed by atoms with Crippen LogP contribution < -0.4 is 10.9 Å². The lowest BCUT2D eigenvalue weighted by Crippen LogP contribution is -2.19. The minimum absolute atomic E-state index is 0.102. The zero-order chi connectivity index (χ0) is 14.7. The van der Waals surface area contributed by atoms with Crippen molar-refractivity contribution in [2.45, 2.75) is 20.0 Å². The van der Waals surface area contributed by atoms with Crippen LogP contribution in [0.2, 0.25) is 0 Å². The standard InChI is InChI=1S/C16H16N4O/c1-11-6-7-12(9-18-11)8-17-10-15-19-14-5-3-2-4-13(14)16(21)20-15/h2-7,9,17H,8,10H2,1H3,(H,19,20,21). The van der Waals surface area contributed by atoms with Gasteiger partial charge in [-0.1, -0.05) is 18.2 Å². The van der Waals surface area contributed by atoms with Gasteiger partial charge in [0.1, 0.15) is 5.82 Å². The Morgan fingerprint density at radius 3 is 2.81 bits per heavy atom. The molecular weight excluding hydrogens is 264 g/mol. The molecule has 106 valence electrons. The molecule has 0 amide bonds. The van der Waals surface area contributed by atoms with Crippen LogP contribution in [-0.4, -0.2) is 15.0 Å². The fraction of sp³-hybridized carbons (Fsp3) is 0.188. The molecule has 21 heavy (non-hydrogen) atoms. The molecule has 0 fully saturated rings. The number of aryl methyl sites for hydroxylation is 1. The summed E-state index contributed by atoms with van der Waals surface area (Å²) in [4.78, 5) is 23.4. The topological polar surface area (TPSA) is 70.7 Å². The third kappa shape index (κ3) is 3.14. The second-order valence-corrected chi connectivity index (χ2v) is 4.94. The molecule has 3 aromatic rings. The van der Waals surface area contributed by atoms with Crippen molar-refractivity contribution in [3.05, 3.63) is 70.0 Å². The quantitative estimate of drug-likeness (QED) is 0.766. The highest BCUT2D eigenvalue weighted by atomic mass is 16.1. The van der Waals surface area contributed by atoms with Crippen LogP contribution in [0.4, 0.5) is 0 Å². The van der Waals surface area contributed by atoms with E-state index in [0.29, 0.717) is 24.3 Å². The summed E-state index contributed by atoms with van der Waals surface area (Å²) in [6.07, 6.45) is 1.85. The van der Waals surface area contributed by atoms with Gasteiger partial charge in [0.15, 0.2) is 0 Å². The summed E-state index contributed by atoms with van der Waals surface area (Å²) >= 11 is 0. The van der Waals surface area contributed by atoms with Crippen molar-refractivity contribution in [2.75, 3.05) is 0 Å². The number of pyridine rings is 1. The van der Waals surface area contributed by atoms with Crippen molar-refractivity contribution < 1.29 is 0 Å². The Kier molecular flexibility index (Phi) is 3.75. The lowest BCUT2D eigenvalue weighted by molar-refractivity contribution is 0.661. The first-order chi connectivity index (χ1) is 10.2. The Hall–Kier alpha value is -2.53. The lowest BCUT2D eigenvalue weighted by atomic mass is 10.2. The second-order valence-electron chi connectivity index (χ2n) is 4.94. The number of para-hydroxylation sites is 1. The molecule has 2 heterocycles. The third-order valence-electron chi connectivity index (χ3n) is 3.26. The van der Waals surface area contributed by atoms with Crippen molar-refractivity contribution in [3.63, 3.8) is 0 Å². The molecule has 0 aliphatic heterocycles. The molecule has 5 nitrogen and oxygen atoms in total. The van der Waals surface area contributed by atoms with Gasteiger partial charge in [-0.2, -0.15) is 0 Å². The van der Waals surface area contributed by atoms with Crippen molar-refractivity contribution >= 4 is 10.9 Å². The van der Waals surface area contributed by atoms with Gasteiger partial charge in [-0.25, -0.2) is 4.98 Å². The first kappa shape index (κ1) is 13.5. The number of rotatable bonds is 4. The van der Waals surface area contributed by atoms with Crippen LogP contribution in [0, 0.1) is 6.92 Å². The Balaban J connectivity index is 1.70. The van der Waals surface area contributed by atoms with E-state index in [1.54, 1.807) is 6.07 Å². The summed E-state index contributed by atoms with van der Waals surface area (Å²) in [6.45, 7) is 3.15. The molecule has 2 aromatic heterocycles. The van der Waals surface area contributed by atoms with Crippen LogP contribution in [0.1, 0.15) is 17.1 Å². The van der Waals surface area contributed by atoms with E-state index >= 15 is 0 Å². The van der Waals surface area contributed by atoms with E-state index in [2.05, 4.69) is 20.3 Å². The van der Waals surface area contributed by atoms with E-state index in [9.17, 15) is 4.79 Å². The molecule has 1 aromatic carbocycles. The number of nitrogens with zero attached hydrogens (tertiary/aromatic N) is 2. The molecule has 0 aliphatic carbocycles. The molecule has 0 aliphatic rings. The maximum Gasteiger partial charge on any atom is 0.258 e. The maximum atomic E-state index is 11.9. The molecule has 0 unspecified atom stereocenters. The monoisotopic (exact) mass is 280 g/mol. The summed E-state index contributed by atoms with van der Waals surface area (Å²) in [5, 5.41) is 3.87. The first-order valence-electron chi connectivity index (χ1n) is 6.82. The molecule has 0 radical (unpaired) electrons. The van der Waals surface area contributed by atoms with Gasteiger partial charge < -0.3 is 10.3 Å². The molecule has 0 saturated heterocycles. The van der Waals surface area contributed by atoms with Crippen LogP contribution in [0.5, 0.6) is 0 Å². The van der Waals surface area contributed by atoms with Crippen LogP contribution >= 0.6 is 0 Å². The normalized spacial score (nSPS) is 10.9. The van der Waals surface area contributed by atoms with Crippen LogP contribution in [-0.2, 0) is 13.1 Å². The van der Waals surface area contributed by atoms with E-state index in [0.717, 1.165) is 16.8 Å². The SMILES string of the molecule is Cc1ccc(CNCc2nc3ccccc3c(=O)[nH]2)cn1. The first-order valence-corrected chi connectivity index (χ1v) is 6.82. The predicted octanol–water partition coefficient (Wildman–Crippen LogP) is 1.92. The zero-order valence-corrected chi connectivity index (χ0v) is 11.8. The highest BCUT2D eigenvalue weighted by molar-refractivity contribution is 5.77. The summed E-state index contributed by atoms with van der Waals surface area (Å²) in [7, 11) is 0. The number of nitrogens with one attached hydrogen (secondary N) is 2. The molecule has 0 atom stereocenters. The number of benzene rings is 1. The van der Waals surface area contributed by atoms with E-state index < -0.39 is 0 Å². The van der Waals surface area contributed by atoms with Gasteiger partial charge in [0.25, 0.3) is 5.56 Å². The van der Waals surface area contributed by atoms with E-state index in [-0.39, 0.29) is 5.56 Å². The largest absolute Gasteiger partial charge is 0.309 e. The number of aromatic amines is 1. The number of hydrogen-bond acceptors (Lipinski definition) is 4. The summed E-state index contributed by atoms with van der Waals surface area (Å²) in [5.41, 5.74) is 2.72. The Morgan fingerprint density at radius 2 is 2.00 bits per heavy atom. The maximum absolute atomic E-state index is 11.9. The average Bonchev–Trinajstić information content (AvgIpc) is 2.49. The molecule has 0 saturated carbocycles. The molecule has 3 rings (SSSR count). The molecule has 0 bridgehead atoms. The van der Waals surface area contributed by atoms with E-state index in [4.69, 9.17) is 0 Å². The van der Waals surface area contributed by atoms with Crippen molar-refractivity contribution in [1.82, 2.24) is 20.3 Å². The highest BCUT2D eigenvalue weighted by Crippen LogP contribution is 2.05. The van der Waals surface area contributed by atoms with Gasteiger partial charge in [-0.3, -0.25) is 9.78 Å². The summed E-state index contributed by atoms with van der Waals surface area (Å²) in [5.74, 6) is 0.638. The molecule has 2 N–H and O–H groups in total. The number of hydrogen-bond donors (Lipinski definition) is 2. The number of H-pyrrole nitrogens is 1. The van der Waals surface area contributed by atoms with Gasteiger partial charge in [0, 0.05) is 18.4 Å². The van der Waals surface area contributed by atoms with Crippen molar-refractivity contribution in [2.24, 2.45) is 0 Å². The van der Waals surface area contributed by atoms with Crippen LogP contribution in [0.15, 0.2) is 47.4 Å². The Morgan fingerprint density at radius 1 is 1.14 bits per heavy atom. The lowest BCUT2D eigenvalue weighted by Gasteiger charge is -2.05. The smallest absolute Gasteiger partial charge is 0.258 e. The Bertz CT molecular complexity index is 808. The second kappa shape index (κ2) is 5.85. The van der Waals surface area contributed by atoms with Crippen molar-refractivity contribution in [3.8, 4) is 0 Å². The Labute approximate surface area is 122 Å². The zero-order valence-electron chi connectivity index (χ0n) is 11.8. The summed E-state index contributed by atoms with van der Waals surface area (Å²) in [6, 6.07) is 11.3. The molecule has 0 spiro atoms. The van der Waals surface area contributed by atoms with Gasteiger partial charge in [0.2, 0.25) is 0 Å². The van der Waals surface area contributed by atoms with E-state index in [1.807, 2.05) is 43.5 Å². The van der Waals surface area contributed by atoms with Crippen molar-refractivity contribution in [1.29, 1.82) is 0 Å². The fourth-order valence-electron chi connectivity index (χ4n) is 2.15. The van der Waals surface area contributed by atoms with Gasteiger partial charge in [0.05, 0.1) is 17.4 Å². The van der Waals surface area contributed by atoms with Gasteiger partial charge in [-0.05, 0) is 30.7 Å². The minimum atomic E-state index is -0.102. The van der Waals surface area contributed by atoms with E-state index in [1.165, 1.54) is 0 Å². The predicted molar refractivity (Wildman–Crippen MR) is 81.9 cm³/mol. The minimum Gasteiger partial charge on any atom is -0.309 e.